The molecule has 1 atom stereocenters. The number of methoxy groups -OCH3 is 2. The average Bonchev–Trinajstić information content (AvgIpc) is 3.32. The first-order valence-corrected chi connectivity index (χ1v) is 11.9. The van der Waals surface area contributed by atoms with Crippen molar-refractivity contribution in [3.05, 3.63) is 53.1 Å². The van der Waals surface area contributed by atoms with E-state index in [1.165, 1.54) is 29.6 Å². The van der Waals surface area contributed by atoms with Crippen molar-refractivity contribution in [3.8, 4) is 11.5 Å². The maximum Gasteiger partial charge on any atom is 0.255 e. The molecule has 0 radical (unpaired) electrons. The molecule has 7 nitrogen and oxygen atoms in total. The SMILES string of the molecule is CC[C@H](NC(=O)c1cc(S(=O)(=O)N2CCCC2)ccc1OC)c1ccc(OC)c(C)c1. The Balaban J connectivity index is 1.89. The molecule has 3 rings (SSSR count). The van der Waals surface area contributed by atoms with E-state index in [1.807, 2.05) is 32.0 Å². The Morgan fingerprint density at radius 3 is 2.29 bits per heavy atom. The van der Waals surface area contributed by atoms with Gasteiger partial charge in [-0.2, -0.15) is 4.31 Å². The van der Waals surface area contributed by atoms with E-state index < -0.39 is 10.0 Å². The summed E-state index contributed by atoms with van der Waals surface area (Å²) < 4.78 is 38.0. The van der Waals surface area contributed by atoms with Crippen LogP contribution < -0.4 is 14.8 Å². The summed E-state index contributed by atoms with van der Waals surface area (Å²) in [5, 5.41) is 3.02. The molecule has 0 aliphatic carbocycles. The monoisotopic (exact) mass is 446 g/mol. The van der Waals surface area contributed by atoms with Crippen LogP contribution in [0.3, 0.4) is 0 Å². The van der Waals surface area contributed by atoms with Crippen LogP contribution in [0.25, 0.3) is 0 Å². The van der Waals surface area contributed by atoms with Crippen LogP contribution >= 0.6 is 0 Å². The second kappa shape index (κ2) is 9.70. The Hall–Kier alpha value is -2.58. The van der Waals surface area contributed by atoms with Crippen molar-refractivity contribution in [2.24, 2.45) is 0 Å². The summed E-state index contributed by atoms with van der Waals surface area (Å²) in [5.74, 6) is 0.737. The number of benzene rings is 2. The third kappa shape index (κ3) is 4.85. The largest absolute Gasteiger partial charge is 0.496 e. The van der Waals surface area contributed by atoms with Gasteiger partial charge in [0.05, 0.1) is 30.7 Å². The highest BCUT2D eigenvalue weighted by molar-refractivity contribution is 7.89. The van der Waals surface area contributed by atoms with Crippen molar-refractivity contribution in [3.63, 3.8) is 0 Å². The molecular weight excluding hydrogens is 416 g/mol. The van der Waals surface area contributed by atoms with E-state index in [1.54, 1.807) is 7.11 Å². The molecule has 8 heteroatoms. The van der Waals surface area contributed by atoms with Crippen LogP contribution in [0.1, 0.15) is 53.7 Å². The minimum Gasteiger partial charge on any atom is -0.496 e. The minimum atomic E-state index is -3.64. The lowest BCUT2D eigenvalue weighted by Crippen LogP contribution is -2.30. The third-order valence-corrected chi connectivity index (χ3v) is 7.55. The number of rotatable bonds is 8. The first kappa shape index (κ1) is 23.1. The lowest BCUT2D eigenvalue weighted by molar-refractivity contribution is 0.0932. The van der Waals surface area contributed by atoms with Crippen LogP contribution in [-0.4, -0.2) is 45.9 Å². The van der Waals surface area contributed by atoms with Gasteiger partial charge < -0.3 is 14.8 Å². The van der Waals surface area contributed by atoms with E-state index in [9.17, 15) is 13.2 Å². The van der Waals surface area contributed by atoms with Crippen molar-refractivity contribution in [2.75, 3.05) is 27.3 Å². The topological polar surface area (TPSA) is 84.9 Å². The number of hydrogen-bond donors (Lipinski definition) is 1. The molecular formula is C23H30N2O5S. The summed E-state index contributed by atoms with van der Waals surface area (Å²) in [6, 6.07) is 9.99. The fraction of sp³-hybridized carbons (Fsp3) is 0.435. The van der Waals surface area contributed by atoms with Crippen LogP contribution in [0.4, 0.5) is 0 Å². The maximum absolute atomic E-state index is 13.2. The van der Waals surface area contributed by atoms with E-state index in [0.717, 1.165) is 29.7 Å². The second-order valence-corrected chi connectivity index (χ2v) is 9.57. The number of sulfonamides is 1. The van der Waals surface area contributed by atoms with Crippen LogP contribution in [0, 0.1) is 6.92 Å². The molecule has 1 amide bonds. The molecule has 168 valence electrons. The standard InChI is InChI=1S/C23H30N2O5S/c1-5-20(17-8-10-21(29-3)16(2)14-17)24-23(26)19-15-18(9-11-22(19)30-4)31(27,28)25-12-6-7-13-25/h8-11,14-15,20H,5-7,12-13H2,1-4H3,(H,24,26)/t20-/m0/s1. The van der Waals surface area contributed by atoms with Crippen LogP contribution in [-0.2, 0) is 10.0 Å². The molecule has 0 saturated carbocycles. The lowest BCUT2D eigenvalue weighted by atomic mass is 10.0. The molecule has 0 unspecified atom stereocenters. The predicted octanol–water partition coefficient (Wildman–Crippen LogP) is 3.68. The summed E-state index contributed by atoms with van der Waals surface area (Å²) in [7, 11) is -0.551. The van der Waals surface area contributed by atoms with E-state index in [4.69, 9.17) is 9.47 Å². The number of carbonyl (C=O) groups is 1. The number of hydrogen-bond acceptors (Lipinski definition) is 5. The van der Waals surface area contributed by atoms with Crippen molar-refractivity contribution >= 4 is 15.9 Å². The van der Waals surface area contributed by atoms with Gasteiger partial charge in [0.1, 0.15) is 11.5 Å². The highest BCUT2D eigenvalue weighted by atomic mass is 32.2. The number of amides is 1. The van der Waals surface area contributed by atoms with E-state index in [-0.39, 0.29) is 22.4 Å². The molecule has 0 aromatic heterocycles. The van der Waals surface area contributed by atoms with Gasteiger partial charge in [-0.25, -0.2) is 8.42 Å². The van der Waals surface area contributed by atoms with E-state index >= 15 is 0 Å². The Morgan fingerprint density at radius 2 is 1.71 bits per heavy atom. The predicted molar refractivity (Wildman–Crippen MR) is 119 cm³/mol. The summed E-state index contributed by atoms with van der Waals surface area (Å²) >= 11 is 0. The van der Waals surface area contributed by atoms with Crippen molar-refractivity contribution in [1.82, 2.24) is 9.62 Å². The first-order chi connectivity index (χ1) is 14.8. The Kier molecular flexibility index (Phi) is 7.23. The van der Waals surface area contributed by atoms with Crippen molar-refractivity contribution in [1.29, 1.82) is 0 Å². The third-order valence-electron chi connectivity index (χ3n) is 5.65. The molecule has 2 aromatic rings. The maximum atomic E-state index is 13.2. The lowest BCUT2D eigenvalue weighted by Gasteiger charge is -2.21. The Bertz CT molecular complexity index is 1050. The summed E-state index contributed by atoms with van der Waals surface area (Å²) in [5.41, 5.74) is 2.13. The van der Waals surface area contributed by atoms with E-state index in [0.29, 0.717) is 25.3 Å². The molecule has 1 aliphatic heterocycles. The zero-order chi connectivity index (χ0) is 22.6. The average molecular weight is 447 g/mol. The van der Waals surface area contributed by atoms with Gasteiger partial charge in [0, 0.05) is 13.1 Å². The van der Waals surface area contributed by atoms with Gasteiger partial charge >= 0.3 is 0 Å². The van der Waals surface area contributed by atoms with Gasteiger partial charge in [0.2, 0.25) is 10.0 Å². The van der Waals surface area contributed by atoms with Crippen LogP contribution in [0.5, 0.6) is 11.5 Å². The molecule has 31 heavy (non-hydrogen) atoms. The normalized spacial score (nSPS) is 15.5. The fourth-order valence-electron chi connectivity index (χ4n) is 3.88. The van der Waals surface area contributed by atoms with Gasteiger partial charge in [0.25, 0.3) is 5.91 Å². The van der Waals surface area contributed by atoms with E-state index in [2.05, 4.69) is 5.32 Å². The highest BCUT2D eigenvalue weighted by Crippen LogP contribution is 2.28. The molecule has 0 spiro atoms. The zero-order valence-electron chi connectivity index (χ0n) is 18.5. The first-order valence-electron chi connectivity index (χ1n) is 10.5. The van der Waals surface area contributed by atoms with Gasteiger partial charge in [-0.1, -0.05) is 19.1 Å². The summed E-state index contributed by atoms with van der Waals surface area (Å²) in [6.45, 7) is 4.94. The molecule has 0 bridgehead atoms. The summed E-state index contributed by atoms with van der Waals surface area (Å²) in [4.78, 5) is 13.3. The van der Waals surface area contributed by atoms with Gasteiger partial charge in [0.15, 0.2) is 0 Å². The second-order valence-electron chi connectivity index (χ2n) is 7.64. The quantitative estimate of drug-likeness (QED) is 0.669. The van der Waals surface area contributed by atoms with Gasteiger partial charge in [-0.3, -0.25) is 4.79 Å². The fourth-order valence-corrected chi connectivity index (χ4v) is 5.42. The minimum absolute atomic E-state index is 0.105. The zero-order valence-corrected chi connectivity index (χ0v) is 19.3. The molecule has 1 fully saturated rings. The van der Waals surface area contributed by atoms with Crippen molar-refractivity contribution in [2.45, 2.75) is 44.0 Å². The molecule has 1 aliphatic rings. The van der Waals surface area contributed by atoms with Gasteiger partial charge in [-0.15, -0.1) is 0 Å². The molecule has 2 aromatic carbocycles. The number of aryl methyl sites for hydroxylation is 1. The number of ether oxygens (including phenoxy) is 2. The molecule has 1 saturated heterocycles. The van der Waals surface area contributed by atoms with Crippen LogP contribution in [0.2, 0.25) is 0 Å². The van der Waals surface area contributed by atoms with Crippen LogP contribution in [0.15, 0.2) is 41.3 Å². The Morgan fingerprint density at radius 1 is 1.06 bits per heavy atom. The number of nitrogens with zero attached hydrogens (tertiary/aromatic N) is 1. The molecule has 1 heterocycles. The smallest absolute Gasteiger partial charge is 0.255 e. The van der Waals surface area contributed by atoms with Crippen molar-refractivity contribution < 1.29 is 22.7 Å². The Labute approximate surface area is 184 Å². The molecule has 1 N–H and O–H groups in total. The summed E-state index contributed by atoms with van der Waals surface area (Å²) in [6.07, 6.45) is 2.37. The highest BCUT2D eigenvalue weighted by Gasteiger charge is 2.29. The van der Waals surface area contributed by atoms with Gasteiger partial charge in [-0.05, 0) is 61.6 Å². The number of carbonyl (C=O) groups excluding carboxylic acids is 1. The number of nitrogens with one attached hydrogen (secondary N) is 1.